The van der Waals surface area contributed by atoms with Gasteiger partial charge in [0.15, 0.2) is 0 Å². The second-order valence-electron chi connectivity index (χ2n) is 7.09. The van der Waals surface area contributed by atoms with Crippen LogP contribution in [0.1, 0.15) is 76.2 Å². The summed E-state index contributed by atoms with van der Waals surface area (Å²) in [5, 5.41) is 25.6. The Morgan fingerprint density at radius 1 is 0.526 bits per heavy atom. The molecule has 0 aliphatic carbocycles. The quantitative estimate of drug-likeness (QED) is 0.473. The van der Waals surface area contributed by atoms with Gasteiger partial charge >= 0.3 is 0 Å². The minimum absolute atomic E-state index is 0. The van der Waals surface area contributed by atoms with Crippen LogP contribution in [0.5, 0.6) is 0 Å². The van der Waals surface area contributed by atoms with E-state index in [1.807, 2.05) is 20.3 Å². The molecule has 120 valence electrons. The van der Waals surface area contributed by atoms with Crippen LogP contribution in [-0.4, -0.2) is 32.1 Å². The zero-order valence-corrected chi connectivity index (χ0v) is 16.5. The van der Waals surface area contributed by atoms with E-state index in [1.54, 1.807) is 62.3 Å². The van der Waals surface area contributed by atoms with E-state index in [4.69, 9.17) is 15.3 Å². The van der Waals surface area contributed by atoms with Crippen LogP contribution in [0.15, 0.2) is 0 Å². The Kier molecular flexibility index (Phi) is 25.1. The van der Waals surface area contributed by atoms with Gasteiger partial charge < -0.3 is 21.7 Å². The predicted molar refractivity (Wildman–Crippen MR) is 81.6 cm³/mol. The molecule has 0 radical (unpaired) electrons. The fourth-order valence-electron chi connectivity index (χ4n) is 0. The fourth-order valence-corrected chi connectivity index (χ4v) is 0. The second kappa shape index (κ2) is 15.0. The molecular formula is C15H37O3Ti-. The van der Waals surface area contributed by atoms with E-state index in [1.165, 1.54) is 0 Å². The van der Waals surface area contributed by atoms with Crippen LogP contribution >= 0.6 is 0 Å². The van der Waals surface area contributed by atoms with Gasteiger partial charge in [-0.2, -0.15) is 13.8 Å². The van der Waals surface area contributed by atoms with E-state index in [-0.39, 0.29) is 21.7 Å². The fraction of sp³-hybridized carbons (Fsp3) is 0.933. The summed E-state index contributed by atoms with van der Waals surface area (Å²) in [5.74, 6) is 0. The molecule has 3 nitrogen and oxygen atoms in total. The summed E-state index contributed by atoms with van der Waals surface area (Å²) >= 11 is 0. The number of aliphatic hydroxyl groups is 3. The van der Waals surface area contributed by atoms with Crippen molar-refractivity contribution >= 4 is 0 Å². The first-order valence-corrected chi connectivity index (χ1v) is 6.33. The van der Waals surface area contributed by atoms with E-state index in [0.717, 1.165) is 0 Å². The molecule has 0 bridgehead atoms. The molecule has 0 rings (SSSR count). The van der Waals surface area contributed by atoms with Crippen molar-refractivity contribution in [3.63, 3.8) is 0 Å². The molecule has 0 unspecified atom stereocenters. The smallest absolute Gasteiger partial charge is 0.0563 e. The van der Waals surface area contributed by atoms with Crippen molar-refractivity contribution in [2.24, 2.45) is 0 Å². The summed E-state index contributed by atoms with van der Waals surface area (Å²) in [4.78, 5) is 0. The van der Waals surface area contributed by atoms with E-state index in [2.05, 4.69) is 0 Å². The third-order valence-electron chi connectivity index (χ3n) is 0. The summed E-state index contributed by atoms with van der Waals surface area (Å²) in [6.45, 7) is 19.7. The maximum atomic E-state index is 8.52. The molecule has 4 heteroatoms. The molecule has 0 atom stereocenters. The van der Waals surface area contributed by atoms with Crippen molar-refractivity contribution in [3.8, 4) is 0 Å². The van der Waals surface area contributed by atoms with Gasteiger partial charge in [0.1, 0.15) is 0 Å². The topological polar surface area (TPSA) is 60.7 Å². The second-order valence-corrected chi connectivity index (χ2v) is 7.09. The Hall–Kier alpha value is 0.594. The zero-order valence-electron chi connectivity index (χ0n) is 14.9. The van der Waals surface area contributed by atoms with Gasteiger partial charge in [0.2, 0.25) is 0 Å². The van der Waals surface area contributed by atoms with Crippen LogP contribution in [0.3, 0.4) is 0 Å². The van der Waals surface area contributed by atoms with Crippen molar-refractivity contribution in [1.29, 1.82) is 0 Å². The molecule has 0 aromatic heterocycles. The molecule has 0 heterocycles. The molecule has 0 spiro atoms. The van der Waals surface area contributed by atoms with Gasteiger partial charge in [0.25, 0.3) is 0 Å². The van der Waals surface area contributed by atoms with E-state index >= 15 is 0 Å². The predicted octanol–water partition coefficient (Wildman–Crippen LogP) is 3.56. The van der Waals surface area contributed by atoms with Crippen molar-refractivity contribution < 1.29 is 37.0 Å². The summed E-state index contributed by atoms with van der Waals surface area (Å²) in [6.07, 6.45) is 2.00. The first-order chi connectivity index (χ1) is 7.41. The van der Waals surface area contributed by atoms with Gasteiger partial charge in [0, 0.05) is 21.7 Å². The molecular weight excluding hydrogens is 276 g/mol. The van der Waals surface area contributed by atoms with E-state index in [0.29, 0.717) is 0 Å². The Morgan fingerprint density at radius 3 is 0.526 bits per heavy atom. The average molecular weight is 313 g/mol. The molecule has 0 aromatic carbocycles. The molecule has 0 aliphatic rings. The molecule has 0 saturated carbocycles. The first kappa shape index (κ1) is 31.8. The third-order valence-corrected chi connectivity index (χ3v) is 0. The molecule has 0 fully saturated rings. The van der Waals surface area contributed by atoms with Gasteiger partial charge in [-0.1, -0.05) is 0 Å². The van der Waals surface area contributed by atoms with Gasteiger partial charge in [-0.25, -0.2) is 0 Å². The van der Waals surface area contributed by atoms with E-state index < -0.39 is 16.8 Å². The molecule has 0 aliphatic heterocycles. The van der Waals surface area contributed by atoms with Crippen LogP contribution in [0.25, 0.3) is 0 Å². The largest absolute Gasteiger partial charge is 0.391 e. The number of hydrogen-bond acceptors (Lipinski definition) is 3. The van der Waals surface area contributed by atoms with Crippen molar-refractivity contribution in [3.05, 3.63) is 6.42 Å². The number of hydrogen-bond donors (Lipinski definition) is 3. The van der Waals surface area contributed by atoms with Gasteiger partial charge in [-0.15, -0.1) is 0 Å². The standard InChI is InChI=1S/3C4H10O.C3H7.Ti/c3*1-4(2,3)5;1-3-2;/h3*5H,1-3H3;3H,1-2H3;/q;;;-1;. The first-order valence-electron chi connectivity index (χ1n) is 6.33. The normalized spacial score (nSPS) is 10.4. The summed E-state index contributed by atoms with van der Waals surface area (Å²) in [7, 11) is 0. The SMILES string of the molecule is CC(C)(C)O.CC(C)(C)O.CC(C)(C)O.C[CH-]C.[Ti]. The summed E-state index contributed by atoms with van der Waals surface area (Å²) in [5.41, 5.74) is -1.50. The van der Waals surface area contributed by atoms with Gasteiger partial charge in [-0.05, 0) is 62.3 Å². The molecule has 0 saturated heterocycles. The third kappa shape index (κ3) is 14500. The minimum Gasteiger partial charge on any atom is -0.391 e. The Bertz CT molecular complexity index is 104. The van der Waals surface area contributed by atoms with Crippen LogP contribution < -0.4 is 0 Å². The molecule has 3 N–H and O–H groups in total. The maximum Gasteiger partial charge on any atom is 0.0563 e. The Balaban J connectivity index is -0.0000000458. The van der Waals surface area contributed by atoms with Crippen LogP contribution in [0, 0.1) is 6.42 Å². The Labute approximate surface area is 136 Å². The van der Waals surface area contributed by atoms with Crippen LogP contribution in [0.4, 0.5) is 0 Å². The van der Waals surface area contributed by atoms with Crippen LogP contribution in [0.2, 0.25) is 0 Å². The minimum atomic E-state index is -0.500. The van der Waals surface area contributed by atoms with Gasteiger partial charge in [0.05, 0.1) is 16.8 Å². The zero-order chi connectivity index (χ0) is 16.2. The maximum absolute atomic E-state index is 8.52. The van der Waals surface area contributed by atoms with Crippen molar-refractivity contribution in [2.75, 3.05) is 0 Å². The van der Waals surface area contributed by atoms with E-state index in [9.17, 15) is 0 Å². The monoisotopic (exact) mass is 313 g/mol. The molecule has 0 amide bonds. The van der Waals surface area contributed by atoms with Crippen molar-refractivity contribution in [2.45, 2.75) is 93.0 Å². The van der Waals surface area contributed by atoms with Gasteiger partial charge in [-0.3, -0.25) is 0 Å². The Morgan fingerprint density at radius 2 is 0.526 bits per heavy atom. The van der Waals surface area contributed by atoms with Crippen molar-refractivity contribution in [1.82, 2.24) is 0 Å². The average Bonchev–Trinajstić information content (AvgIpc) is 1.71. The number of rotatable bonds is 0. The summed E-state index contributed by atoms with van der Waals surface area (Å²) < 4.78 is 0. The molecule has 0 aromatic rings. The summed E-state index contributed by atoms with van der Waals surface area (Å²) in [6, 6.07) is 0. The van der Waals surface area contributed by atoms with Crippen LogP contribution in [-0.2, 0) is 21.7 Å². The molecule has 19 heavy (non-hydrogen) atoms.